The van der Waals surface area contributed by atoms with Crippen molar-refractivity contribution in [1.82, 2.24) is 0 Å². The summed E-state index contributed by atoms with van der Waals surface area (Å²) < 4.78 is 12.0. The SMILES string of the molecule is COc1ccc2c(c1)CC[C@@H]1[C@@H]2CC[C@@]2(C)[C@H]1CC[C@@]21C=C(C2=CCCc3ccccc32)C(=O)O1. The molecular formula is C32H34O3. The van der Waals surface area contributed by atoms with E-state index in [-0.39, 0.29) is 11.4 Å². The van der Waals surface area contributed by atoms with Gasteiger partial charge in [0.1, 0.15) is 11.4 Å². The monoisotopic (exact) mass is 466 g/mol. The molecule has 1 spiro atoms. The molecule has 5 atom stereocenters. The van der Waals surface area contributed by atoms with Gasteiger partial charge in [-0.15, -0.1) is 0 Å². The molecule has 0 saturated heterocycles. The standard InChI is InChI=1S/C32H34O3/c1-31-16-14-26-24-13-11-22(34-2)18-21(24)10-12-27(26)29(31)15-17-32(31)19-28(30(33)35-32)25-9-5-7-20-6-3-4-8-23(20)25/h3-4,6,8-9,11,13,18-19,26-27,29H,5,7,10,12,14-17H2,1-2H3/t26-,27-,29+,31+,32-/m1/s1. The van der Waals surface area contributed by atoms with Gasteiger partial charge in [0, 0.05) is 5.41 Å². The van der Waals surface area contributed by atoms with Gasteiger partial charge in [-0.1, -0.05) is 43.3 Å². The highest BCUT2D eigenvalue weighted by Gasteiger charge is 2.65. The van der Waals surface area contributed by atoms with E-state index in [0.29, 0.717) is 17.8 Å². The third kappa shape index (κ3) is 2.93. The lowest BCUT2D eigenvalue weighted by Crippen LogP contribution is -2.50. The molecule has 3 heteroatoms. The molecule has 2 aromatic rings. The Hall–Kier alpha value is -2.81. The first-order chi connectivity index (χ1) is 17.0. The van der Waals surface area contributed by atoms with Crippen LogP contribution in [0.3, 0.4) is 0 Å². The molecule has 5 aliphatic rings. The summed E-state index contributed by atoms with van der Waals surface area (Å²) in [6.07, 6.45) is 13.3. The van der Waals surface area contributed by atoms with Gasteiger partial charge in [0.15, 0.2) is 0 Å². The van der Waals surface area contributed by atoms with Gasteiger partial charge in [-0.25, -0.2) is 4.79 Å². The lowest BCUT2D eigenvalue weighted by Gasteiger charge is -2.52. The molecule has 0 unspecified atom stereocenters. The smallest absolute Gasteiger partial charge is 0.339 e. The van der Waals surface area contributed by atoms with Crippen molar-refractivity contribution in [3.63, 3.8) is 0 Å². The van der Waals surface area contributed by atoms with E-state index in [1.165, 1.54) is 35.1 Å². The first-order valence-electron chi connectivity index (χ1n) is 13.4. The van der Waals surface area contributed by atoms with Gasteiger partial charge < -0.3 is 9.47 Å². The van der Waals surface area contributed by atoms with Crippen molar-refractivity contribution in [2.24, 2.45) is 17.3 Å². The molecule has 180 valence electrons. The predicted octanol–water partition coefficient (Wildman–Crippen LogP) is 6.80. The van der Waals surface area contributed by atoms with Crippen LogP contribution in [-0.4, -0.2) is 18.7 Å². The number of rotatable bonds is 2. The normalized spacial score (nSPS) is 34.8. The van der Waals surface area contributed by atoms with Gasteiger partial charge >= 0.3 is 5.97 Å². The first kappa shape index (κ1) is 21.5. The summed E-state index contributed by atoms with van der Waals surface area (Å²) in [5, 5.41) is 0. The second kappa shape index (κ2) is 7.59. The van der Waals surface area contributed by atoms with Gasteiger partial charge in [-0.05, 0) is 115 Å². The average molecular weight is 467 g/mol. The zero-order valence-electron chi connectivity index (χ0n) is 20.8. The largest absolute Gasteiger partial charge is 0.497 e. The molecule has 0 bridgehead atoms. The van der Waals surface area contributed by atoms with Crippen molar-refractivity contribution in [3.8, 4) is 5.75 Å². The maximum absolute atomic E-state index is 13.4. The Kier molecular flexibility index (Phi) is 4.66. The van der Waals surface area contributed by atoms with E-state index in [9.17, 15) is 4.79 Å². The molecule has 0 aromatic heterocycles. The van der Waals surface area contributed by atoms with Gasteiger partial charge in [0.25, 0.3) is 0 Å². The Morgan fingerprint density at radius 1 is 0.971 bits per heavy atom. The number of carbonyl (C=O) groups is 1. The Bertz CT molecular complexity index is 1290. The first-order valence-corrected chi connectivity index (χ1v) is 13.4. The fourth-order valence-corrected chi connectivity index (χ4v) is 8.59. The lowest BCUT2D eigenvalue weighted by atomic mass is 9.53. The van der Waals surface area contributed by atoms with Crippen LogP contribution >= 0.6 is 0 Å². The Labute approximate surface area is 208 Å². The van der Waals surface area contributed by atoms with Crippen molar-refractivity contribution in [2.75, 3.05) is 7.11 Å². The topological polar surface area (TPSA) is 35.5 Å². The molecule has 1 heterocycles. The number of hydrogen-bond donors (Lipinski definition) is 0. The van der Waals surface area contributed by atoms with E-state index in [1.54, 1.807) is 7.11 Å². The molecule has 3 nitrogen and oxygen atoms in total. The van der Waals surface area contributed by atoms with Crippen LogP contribution in [0.1, 0.15) is 73.6 Å². The van der Waals surface area contributed by atoms with Gasteiger partial charge in [-0.2, -0.15) is 0 Å². The third-order valence-electron chi connectivity index (χ3n) is 10.3. The van der Waals surface area contributed by atoms with Gasteiger partial charge in [-0.3, -0.25) is 0 Å². The number of fused-ring (bicyclic) bond motifs is 7. The highest BCUT2D eigenvalue weighted by Crippen LogP contribution is 2.67. The summed E-state index contributed by atoms with van der Waals surface area (Å²) in [6.45, 7) is 2.43. The second-order valence-electron chi connectivity index (χ2n) is 11.6. The molecule has 2 saturated carbocycles. The molecular weight excluding hydrogens is 432 g/mol. The number of allylic oxidation sites excluding steroid dienone is 1. The quantitative estimate of drug-likeness (QED) is 0.457. The predicted molar refractivity (Wildman–Crippen MR) is 137 cm³/mol. The summed E-state index contributed by atoms with van der Waals surface area (Å²) in [5.41, 5.74) is 7.01. The Morgan fingerprint density at radius 2 is 1.86 bits per heavy atom. The number of esters is 1. The number of carbonyl (C=O) groups excluding carboxylic acids is 1. The van der Waals surface area contributed by atoms with E-state index in [2.05, 4.69) is 61.5 Å². The fourth-order valence-electron chi connectivity index (χ4n) is 8.59. The van der Waals surface area contributed by atoms with Gasteiger partial charge in [0.2, 0.25) is 0 Å². The van der Waals surface area contributed by atoms with Crippen LogP contribution < -0.4 is 4.74 Å². The van der Waals surface area contributed by atoms with Crippen LogP contribution in [-0.2, 0) is 22.4 Å². The van der Waals surface area contributed by atoms with Crippen molar-refractivity contribution < 1.29 is 14.3 Å². The van der Waals surface area contributed by atoms with Crippen LogP contribution in [0, 0.1) is 17.3 Å². The number of hydrogen-bond acceptors (Lipinski definition) is 3. The van der Waals surface area contributed by atoms with E-state index < -0.39 is 5.60 Å². The molecule has 1 aliphatic heterocycles. The summed E-state index contributed by atoms with van der Waals surface area (Å²) in [7, 11) is 1.75. The Morgan fingerprint density at radius 3 is 2.74 bits per heavy atom. The fraction of sp³-hybridized carbons (Fsp3) is 0.469. The minimum Gasteiger partial charge on any atom is -0.497 e. The Balaban J connectivity index is 1.23. The van der Waals surface area contributed by atoms with Crippen molar-refractivity contribution in [2.45, 2.75) is 69.8 Å². The minimum absolute atomic E-state index is 0.00426. The van der Waals surface area contributed by atoms with Crippen LogP contribution in [0.15, 0.2) is 60.2 Å². The minimum atomic E-state index is -0.456. The maximum atomic E-state index is 13.4. The van der Waals surface area contributed by atoms with Crippen molar-refractivity contribution in [1.29, 1.82) is 0 Å². The second-order valence-corrected chi connectivity index (χ2v) is 11.6. The molecule has 35 heavy (non-hydrogen) atoms. The van der Waals surface area contributed by atoms with Gasteiger partial charge in [0.05, 0.1) is 12.7 Å². The number of benzene rings is 2. The van der Waals surface area contributed by atoms with E-state index in [1.807, 2.05) is 0 Å². The average Bonchev–Trinajstić information content (AvgIpc) is 3.38. The van der Waals surface area contributed by atoms with Crippen LogP contribution in [0.4, 0.5) is 0 Å². The number of methoxy groups -OCH3 is 1. The molecule has 2 fully saturated rings. The zero-order valence-corrected chi connectivity index (χ0v) is 20.8. The van der Waals surface area contributed by atoms with E-state index in [4.69, 9.17) is 9.47 Å². The van der Waals surface area contributed by atoms with E-state index >= 15 is 0 Å². The molecule has 7 rings (SSSR count). The summed E-state index contributed by atoms with van der Waals surface area (Å²) in [6, 6.07) is 15.2. The third-order valence-corrected chi connectivity index (χ3v) is 10.3. The van der Waals surface area contributed by atoms with Crippen molar-refractivity contribution in [3.05, 3.63) is 82.4 Å². The maximum Gasteiger partial charge on any atom is 0.339 e. The van der Waals surface area contributed by atoms with Crippen LogP contribution in [0.25, 0.3) is 5.57 Å². The molecule has 2 aromatic carbocycles. The lowest BCUT2D eigenvalue weighted by molar-refractivity contribution is -0.159. The van der Waals surface area contributed by atoms with E-state index in [0.717, 1.165) is 55.4 Å². The van der Waals surface area contributed by atoms with Crippen LogP contribution in [0.2, 0.25) is 0 Å². The summed E-state index contributed by atoms with van der Waals surface area (Å²) in [5.74, 6) is 2.73. The molecule has 0 amide bonds. The summed E-state index contributed by atoms with van der Waals surface area (Å²) in [4.78, 5) is 13.4. The van der Waals surface area contributed by atoms with Crippen LogP contribution in [0.5, 0.6) is 5.75 Å². The summed E-state index contributed by atoms with van der Waals surface area (Å²) >= 11 is 0. The highest BCUT2D eigenvalue weighted by molar-refractivity contribution is 6.09. The van der Waals surface area contributed by atoms with Crippen molar-refractivity contribution >= 4 is 11.5 Å². The molecule has 4 aliphatic carbocycles. The zero-order chi connectivity index (χ0) is 23.8. The highest BCUT2D eigenvalue weighted by atomic mass is 16.6. The molecule has 0 radical (unpaired) electrons. The number of ether oxygens (including phenoxy) is 2. The molecule has 0 N–H and O–H groups in total. The number of aryl methyl sites for hydroxylation is 2.